The van der Waals surface area contributed by atoms with E-state index < -0.39 is 0 Å². The predicted molar refractivity (Wildman–Crippen MR) is 94.3 cm³/mol. The lowest BCUT2D eigenvalue weighted by molar-refractivity contribution is 0.568. The van der Waals surface area contributed by atoms with Gasteiger partial charge in [-0.05, 0) is 33.8 Å². The average molecular weight is 369 g/mol. The number of thiophene rings is 1. The van der Waals surface area contributed by atoms with Gasteiger partial charge in [-0.2, -0.15) is 0 Å². The fraction of sp³-hybridized carbons (Fsp3) is 0.467. The second-order valence-corrected chi connectivity index (χ2v) is 7.27. The van der Waals surface area contributed by atoms with Crippen LogP contribution in [0.4, 0.5) is 11.6 Å². The molecule has 2 aromatic rings. The normalized spacial score (nSPS) is 11.4. The number of halogens is 1. The van der Waals surface area contributed by atoms with Crippen LogP contribution in [0.25, 0.3) is 0 Å². The first kappa shape index (κ1) is 16.2. The highest BCUT2D eigenvalue weighted by atomic mass is 79.9. The summed E-state index contributed by atoms with van der Waals surface area (Å²) in [7, 11) is 0. The van der Waals surface area contributed by atoms with Gasteiger partial charge in [0.05, 0.1) is 0 Å². The Bertz CT molecular complexity index is 569. The molecule has 0 atom stereocenters. The van der Waals surface area contributed by atoms with E-state index >= 15 is 0 Å². The van der Waals surface area contributed by atoms with Crippen LogP contribution in [0.15, 0.2) is 28.3 Å². The number of hydrogen-bond acceptors (Lipinski definition) is 5. The van der Waals surface area contributed by atoms with Crippen LogP contribution >= 0.6 is 27.3 Å². The highest BCUT2D eigenvalue weighted by Gasteiger charge is 2.22. The molecule has 0 unspecified atom stereocenters. The summed E-state index contributed by atoms with van der Waals surface area (Å²) in [5.41, 5.74) is 0.0650. The summed E-state index contributed by atoms with van der Waals surface area (Å²) >= 11 is 5.37. The van der Waals surface area contributed by atoms with E-state index in [0.29, 0.717) is 0 Å². The van der Waals surface area contributed by atoms with Gasteiger partial charge in [-0.25, -0.2) is 9.97 Å². The van der Waals surface area contributed by atoms with Crippen LogP contribution in [-0.4, -0.2) is 23.1 Å². The quantitative estimate of drug-likeness (QED) is 0.754. The summed E-state index contributed by atoms with van der Waals surface area (Å²) in [6.07, 6.45) is 2.65. The molecule has 0 saturated heterocycles. The molecule has 0 amide bonds. The lowest BCUT2D eigenvalue weighted by Gasteiger charge is -2.24. The first-order chi connectivity index (χ1) is 10.0. The zero-order valence-electron chi connectivity index (χ0n) is 12.6. The molecule has 2 aromatic heterocycles. The molecule has 0 aliphatic carbocycles. The van der Waals surface area contributed by atoms with Crippen molar-refractivity contribution in [1.82, 2.24) is 9.97 Å². The summed E-state index contributed by atoms with van der Waals surface area (Å²) in [5.74, 6) is 1.66. The number of hydrogen-bond donors (Lipinski definition) is 2. The minimum absolute atomic E-state index is 0.0650. The van der Waals surface area contributed by atoms with Gasteiger partial charge in [-0.1, -0.05) is 26.8 Å². The Kier molecular flexibility index (Phi) is 5.58. The summed E-state index contributed by atoms with van der Waals surface area (Å²) < 4.78 is 0.889. The molecule has 6 heteroatoms. The molecular formula is C15H21BrN4S. The maximum Gasteiger partial charge on any atom is 0.145 e. The van der Waals surface area contributed by atoms with E-state index in [9.17, 15) is 0 Å². The standard InChI is InChI=1S/C15H21BrN4S/c1-4-7-17-13-12(16)14(20-10-19-13)18-9-15(2,3)11-6-5-8-21-11/h5-6,8,10H,4,7,9H2,1-3H3,(H2,17,18,19,20). The van der Waals surface area contributed by atoms with Gasteiger partial charge in [0.25, 0.3) is 0 Å². The third-order valence-corrected chi connectivity index (χ3v) is 5.20. The summed E-state index contributed by atoms with van der Waals surface area (Å²) in [5, 5.41) is 8.83. The third kappa shape index (κ3) is 4.17. The Morgan fingerprint density at radius 1 is 1.24 bits per heavy atom. The Morgan fingerprint density at radius 3 is 2.57 bits per heavy atom. The Hall–Kier alpha value is -1.14. The molecule has 114 valence electrons. The SMILES string of the molecule is CCCNc1ncnc(NCC(C)(C)c2cccs2)c1Br. The van der Waals surface area contributed by atoms with E-state index in [4.69, 9.17) is 0 Å². The first-order valence-electron chi connectivity index (χ1n) is 7.07. The average Bonchev–Trinajstić information content (AvgIpc) is 3.00. The predicted octanol–water partition coefficient (Wildman–Crippen LogP) is 4.51. The van der Waals surface area contributed by atoms with E-state index in [0.717, 1.165) is 35.6 Å². The van der Waals surface area contributed by atoms with Gasteiger partial charge in [0.2, 0.25) is 0 Å². The van der Waals surface area contributed by atoms with Gasteiger partial charge in [-0.15, -0.1) is 11.3 Å². The van der Waals surface area contributed by atoms with Crippen LogP contribution in [0.3, 0.4) is 0 Å². The Labute approximate surface area is 138 Å². The molecule has 0 fully saturated rings. The largest absolute Gasteiger partial charge is 0.369 e. The highest BCUT2D eigenvalue weighted by molar-refractivity contribution is 9.10. The van der Waals surface area contributed by atoms with Crippen LogP contribution in [0.2, 0.25) is 0 Å². The monoisotopic (exact) mass is 368 g/mol. The fourth-order valence-electron chi connectivity index (χ4n) is 1.92. The molecule has 2 rings (SSSR count). The van der Waals surface area contributed by atoms with Crippen molar-refractivity contribution in [3.8, 4) is 0 Å². The summed E-state index contributed by atoms with van der Waals surface area (Å²) in [6.45, 7) is 8.31. The zero-order valence-corrected chi connectivity index (χ0v) is 15.0. The lowest BCUT2D eigenvalue weighted by Crippen LogP contribution is -2.27. The number of rotatable bonds is 7. The van der Waals surface area contributed by atoms with Crippen molar-refractivity contribution in [2.45, 2.75) is 32.6 Å². The number of nitrogens with zero attached hydrogens (tertiary/aromatic N) is 2. The molecule has 4 nitrogen and oxygen atoms in total. The van der Waals surface area contributed by atoms with Crippen LogP contribution in [0, 0.1) is 0 Å². The second kappa shape index (κ2) is 7.22. The van der Waals surface area contributed by atoms with E-state index in [1.165, 1.54) is 4.88 Å². The molecule has 0 bridgehead atoms. The molecule has 2 heterocycles. The van der Waals surface area contributed by atoms with Crippen molar-refractivity contribution >= 4 is 38.9 Å². The zero-order chi connectivity index (χ0) is 15.3. The highest BCUT2D eigenvalue weighted by Crippen LogP contribution is 2.30. The maximum atomic E-state index is 4.33. The van der Waals surface area contributed by atoms with E-state index in [-0.39, 0.29) is 5.41 Å². The van der Waals surface area contributed by atoms with Crippen LogP contribution in [0.1, 0.15) is 32.1 Å². The number of nitrogens with one attached hydrogen (secondary N) is 2. The van der Waals surface area contributed by atoms with Gasteiger partial charge >= 0.3 is 0 Å². The van der Waals surface area contributed by atoms with Crippen molar-refractivity contribution < 1.29 is 0 Å². The molecule has 0 aliphatic heterocycles. The topological polar surface area (TPSA) is 49.8 Å². The Balaban J connectivity index is 2.06. The minimum atomic E-state index is 0.0650. The van der Waals surface area contributed by atoms with Crippen molar-refractivity contribution in [2.24, 2.45) is 0 Å². The maximum absolute atomic E-state index is 4.33. The summed E-state index contributed by atoms with van der Waals surface area (Å²) in [4.78, 5) is 9.95. The third-order valence-electron chi connectivity index (χ3n) is 3.22. The molecule has 0 radical (unpaired) electrons. The molecule has 0 aliphatic rings. The fourth-order valence-corrected chi connectivity index (χ4v) is 3.25. The molecule has 0 saturated carbocycles. The summed E-state index contributed by atoms with van der Waals surface area (Å²) in [6, 6.07) is 4.27. The van der Waals surface area contributed by atoms with Gasteiger partial charge in [-0.3, -0.25) is 0 Å². The van der Waals surface area contributed by atoms with Gasteiger partial charge in [0.1, 0.15) is 22.4 Å². The second-order valence-electron chi connectivity index (χ2n) is 5.53. The van der Waals surface area contributed by atoms with Gasteiger partial charge < -0.3 is 10.6 Å². The Morgan fingerprint density at radius 2 is 1.95 bits per heavy atom. The van der Waals surface area contributed by atoms with Crippen molar-refractivity contribution in [1.29, 1.82) is 0 Å². The van der Waals surface area contributed by atoms with Crippen LogP contribution in [-0.2, 0) is 5.41 Å². The van der Waals surface area contributed by atoms with Crippen molar-refractivity contribution in [2.75, 3.05) is 23.7 Å². The van der Waals surface area contributed by atoms with E-state index in [1.807, 2.05) is 0 Å². The van der Waals surface area contributed by atoms with Gasteiger partial charge in [0.15, 0.2) is 0 Å². The molecule has 0 aromatic carbocycles. The molecule has 21 heavy (non-hydrogen) atoms. The van der Waals surface area contributed by atoms with E-state index in [1.54, 1.807) is 17.7 Å². The minimum Gasteiger partial charge on any atom is -0.369 e. The lowest BCUT2D eigenvalue weighted by atomic mass is 9.91. The van der Waals surface area contributed by atoms with Crippen LogP contribution < -0.4 is 10.6 Å². The van der Waals surface area contributed by atoms with Gasteiger partial charge in [0, 0.05) is 23.4 Å². The molecule has 0 spiro atoms. The first-order valence-corrected chi connectivity index (χ1v) is 8.74. The molecule has 2 N–H and O–H groups in total. The number of anilines is 2. The van der Waals surface area contributed by atoms with Crippen molar-refractivity contribution in [3.63, 3.8) is 0 Å². The van der Waals surface area contributed by atoms with Crippen LogP contribution in [0.5, 0.6) is 0 Å². The smallest absolute Gasteiger partial charge is 0.145 e. The number of aromatic nitrogens is 2. The van der Waals surface area contributed by atoms with E-state index in [2.05, 4.69) is 74.8 Å². The van der Waals surface area contributed by atoms with Crippen molar-refractivity contribution in [3.05, 3.63) is 33.2 Å². The molecular weight excluding hydrogens is 348 g/mol.